The summed E-state index contributed by atoms with van der Waals surface area (Å²) in [5.74, 6) is 0. The minimum atomic E-state index is 0.262. The smallest absolute Gasteiger partial charge is 0.0991 e. The van der Waals surface area contributed by atoms with Crippen LogP contribution in [0.3, 0.4) is 0 Å². The van der Waals surface area contributed by atoms with Crippen LogP contribution in [0.4, 0.5) is 17.1 Å². The molecule has 0 unspecified atom stereocenters. The number of rotatable bonds is 7. The van der Waals surface area contributed by atoms with Gasteiger partial charge in [-0.05, 0) is 72.1 Å². The molecule has 0 amide bonds. The van der Waals surface area contributed by atoms with Crippen LogP contribution in [-0.4, -0.2) is 54.3 Å². The molecule has 1 aromatic heterocycles. The second-order valence-electron chi connectivity index (χ2n) is 8.86. The topological polar surface area (TPSA) is 75.4 Å². The van der Waals surface area contributed by atoms with Gasteiger partial charge in [-0.2, -0.15) is 5.26 Å². The van der Waals surface area contributed by atoms with Gasteiger partial charge in [0.25, 0.3) is 0 Å². The molecule has 0 atom stereocenters. The third-order valence-corrected chi connectivity index (χ3v) is 6.61. The van der Waals surface area contributed by atoms with Gasteiger partial charge in [0.1, 0.15) is 0 Å². The van der Waals surface area contributed by atoms with Crippen LogP contribution in [0.15, 0.2) is 79.0 Å². The van der Waals surface area contributed by atoms with E-state index in [2.05, 4.69) is 62.6 Å². The molecule has 0 radical (unpaired) electrons. The molecule has 1 aliphatic heterocycles. The van der Waals surface area contributed by atoms with Crippen molar-refractivity contribution in [3.63, 3.8) is 0 Å². The summed E-state index contributed by atoms with van der Waals surface area (Å²) in [7, 11) is 0. The van der Waals surface area contributed by atoms with Gasteiger partial charge in [-0.15, -0.1) is 0 Å². The van der Waals surface area contributed by atoms with Crippen LogP contribution >= 0.6 is 0 Å². The van der Waals surface area contributed by atoms with Crippen molar-refractivity contribution >= 4 is 28.0 Å². The van der Waals surface area contributed by atoms with Crippen LogP contribution in [0.2, 0.25) is 0 Å². The molecular formula is C29H29N5O. The maximum Gasteiger partial charge on any atom is 0.0991 e. The highest BCUT2D eigenvalue weighted by atomic mass is 16.3. The van der Waals surface area contributed by atoms with Gasteiger partial charge >= 0.3 is 0 Å². The number of anilines is 3. The van der Waals surface area contributed by atoms with Crippen LogP contribution in [0.5, 0.6) is 0 Å². The minimum absolute atomic E-state index is 0.262. The van der Waals surface area contributed by atoms with Crippen LogP contribution in [0.1, 0.15) is 12.0 Å². The Morgan fingerprint density at radius 1 is 0.886 bits per heavy atom. The van der Waals surface area contributed by atoms with Crippen molar-refractivity contribution in [1.82, 2.24) is 9.88 Å². The lowest BCUT2D eigenvalue weighted by molar-refractivity contribution is 0.216. The maximum absolute atomic E-state index is 9.07. The van der Waals surface area contributed by atoms with Gasteiger partial charge in [0.15, 0.2) is 0 Å². The van der Waals surface area contributed by atoms with Crippen LogP contribution in [0.25, 0.3) is 22.0 Å². The third-order valence-electron chi connectivity index (χ3n) is 6.61. The van der Waals surface area contributed by atoms with Crippen molar-refractivity contribution in [3.05, 3.63) is 84.6 Å². The fraction of sp³-hybridized carbons (Fsp3) is 0.241. The summed E-state index contributed by atoms with van der Waals surface area (Å²) in [5, 5.41) is 22.7. The second-order valence-corrected chi connectivity index (χ2v) is 8.86. The van der Waals surface area contributed by atoms with Crippen molar-refractivity contribution in [2.24, 2.45) is 0 Å². The van der Waals surface area contributed by atoms with E-state index in [0.29, 0.717) is 5.56 Å². The molecule has 176 valence electrons. The third kappa shape index (κ3) is 5.27. The van der Waals surface area contributed by atoms with E-state index >= 15 is 0 Å². The number of aliphatic hydroxyl groups is 1. The number of aliphatic hydroxyl groups excluding tert-OH is 1. The number of aromatic nitrogens is 1. The number of fused-ring (bicyclic) bond motifs is 1. The molecule has 3 aromatic carbocycles. The minimum Gasteiger partial charge on any atom is -0.396 e. The first kappa shape index (κ1) is 22.9. The van der Waals surface area contributed by atoms with Gasteiger partial charge in [-0.3, -0.25) is 9.88 Å². The van der Waals surface area contributed by atoms with Gasteiger partial charge in [0, 0.05) is 68.0 Å². The van der Waals surface area contributed by atoms with Crippen molar-refractivity contribution < 1.29 is 5.11 Å². The Bertz CT molecular complexity index is 1320. The molecule has 0 spiro atoms. The van der Waals surface area contributed by atoms with E-state index in [1.165, 1.54) is 5.69 Å². The molecule has 1 saturated heterocycles. The number of nitrogens with one attached hydrogen (secondary N) is 1. The molecule has 2 heterocycles. The first-order chi connectivity index (χ1) is 17.2. The Morgan fingerprint density at radius 2 is 1.63 bits per heavy atom. The van der Waals surface area contributed by atoms with E-state index in [1.54, 1.807) is 0 Å². The van der Waals surface area contributed by atoms with Gasteiger partial charge in [0.2, 0.25) is 0 Å². The molecule has 4 aromatic rings. The predicted molar refractivity (Wildman–Crippen MR) is 142 cm³/mol. The van der Waals surface area contributed by atoms with Crippen molar-refractivity contribution in [2.75, 3.05) is 49.5 Å². The largest absolute Gasteiger partial charge is 0.396 e. The lowest BCUT2D eigenvalue weighted by Crippen LogP contribution is -2.46. The molecule has 1 aliphatic rings. The zero-order chi connectivity index (χ0) is 24.0. The highest BCUT2D eigenvalue weighted by Crippen LogP contribution is 2.30. The Kier molecular flexibility index (Phi) is 6.89. The fourth-order valence-corrected chi connectivity index (χ4v) is 4.61. The number of hydrogen-bond acceptors (Lipinski definition) is 6. The fourth-order valence-electron chi connectivity index (χ4n) is 4.61. The van der Waals surface area contributed by atoms with Gasteiger partial charge in [-0.1, -0.05) is 18.2 Å². The van der Waals surface area contributed by atoms with Gasteiger partial charge in [0.05, 0.1) is 17.1 Å². The molecule has 0 saturated carbocycles. The highest BCUT2D eigenvalue weighted by Gasteiger charge is 2.16. The molecule has 0 bridgehead atoms. The summed E-state index contributed by atoms with van der Waals surface area (Å²) >= 11 is 0. The lowest BCUT2D eigenvalue weighted by atomic mass is 10.0. The zero-order valence-electron chi connectivity index (χ0n) is 19.7. The number of hydrogen-bond donors (Lipinski definition) is 2. The lowest BCUT2D eigenvalue weighted by Gasteiger charge is -2.36. The Hall–Kier alpha value is -3.92. The monoisotopic (exact) mass is 463 g/mol. The summed E-state index contributed by atoms with van der Waals surface area (Å²) in [6.07, 6.45) is 2.68. The second kappa shape index (κ2) is 10.6. The molecule has 1 fully saturated rings. The van der Waals surface area contributed by atoms with E-state index in [0.717, 1.165) is 72.5 Å². The summed E-state index contributed by atoms with van der Waals surface area (Å²) in [5.41, 5.74) is 7.03. The number of piperazine rings is 1. The van der Waals surface area contributed by atoms with E-state index in [1.807, 2.05) is 42.6 Å². The van der Waals surface area contributed by atoms with E-state index in [-0.39, 0.29) is 6.61 Å². The average molecular weight is 464 g/mol. The molecule has 2 N–H and O–H groups in total. The van der Waals surface area contributed by atoms with Crippen molar-refractivity contribution in [2.45, 2.75) is 6.42 Å². The highest BCUT2D eigenvalue weighted by molar-refractivity contribution is 5.95. The predicted octanol–water partition coefficient (Wildman–Crippen LogP) is 5.02. The molecular weight excluding hydrogens is 434 g/mol. The number of nitriles is 1. The maximum atomic E-state index is 9.07. The Balaban J connectivity index is 1.31. The van der Waals surface area contributed by atoms with E-state index in [4.69, 9.17) is 10.4 Å². The van der Waals surface area contributed by atoms with E-state index < -0.39 is 0 Å². The number of nitrogens with zero attached hydrogens (tertiary/aromatic N) is 4. The zero-order valence-corrected chi connectivity index (χ0v) is 19.7. The molecule has 5 rings (SSSR count). The van der Waals surface area contributed by atoms with Crippen LogP contribution in [-0.2, 0) is 0 Å². The van der Waals surface area contributed by atoms with Crippen molar-refractivity contribution in [1.29, 1.82) is 5.26 Å². The quantitative estimate of drug-likeness (QED) is 0.401. The number of pyridine rings is 1. The van der Waals surface area contributed by atoms with Crippen molar-refractivity contribution in [3.8, 4) is 17.2 Å². The standard InChI is InChI=1S/C29H29N5O/c30-21-22-2-4-23(5-3-22)24-6-11-28-27(20-24)29(12-13-31-28)32-25-7-9-26(10-8-25)34-17-15-33(16-18-34)14-1-19-35/h2-13,20,35H,1,14-19H2,(H,31,32). The summed E-state index contributed by atoms with van der Waals surface area (Å²) in [6, 6.07) is 26.7. The summed E-state index contributed by atoms with van der Waals surface area (Å²) in [4.78, 5) is 9.38. The average Bonchev–Trinajstić information content (AvgIpc) is 2.93. The van der Waals surface area contributed by atoms with Crippen LogP contribution < -0.4 is 10.2 Å². The van der Waals surface area contributed by atoms with Crippen LogP contribution in [0, 0.1) is 11.3 Å². The van der Waals surface area contributed by atoms with E-state index in [9.17, 15) is 0 Å². The molecule has 6 nitrogen and oxygen atoms in total. The molecule has 0 aliphatic carbocycles. The summed E-state index contributed by atoms with van der Waals surface area (Å²) < 4.78 is 0. The van der Waals surface area contributed by atoms with Gasteiger partial charge < -0.3 is 15.3 Å². The number of benzene rings is 3. The first-order valence-corrected chi connectivity index (χ1v) is 12.1. The van der Waals surface area contributed by atoms with Gasteiger partial charge in [-0.25, -0.2) is 0 Å². The Labute approximate surface area is 206 Å². The Morgan fingerprint density at radius 3 is 2.34 bits per heavy atom. The first-order valence-electron chi connectivity index (χ1n) is 12.1. The molecule has 6 heteroatoms. The summed E-state index contributed by atoms with van der Waals surface area (Å²) in [6.45, 7) is 5.31. The molecule has 35 heavy (non-hydrogen) atoms. The SMILES string of the molecule is N#Cc1ccc(-c2ccc3nccc(Nc4ccc(N5CCN(CCCO)CC5)cc4)c3c2)cc1. The normalized spacial score (nSPS) is 14.1.